The van der Waals surface area contributed by atoms with E-state index in [-0.39, 0.29) is 17.5 Å². The molecule has 4 aliphatic carbocycles. The van der Waals surface area contributed by atoms with Crippen molar-refractivity contribution in [1.29, 1.82) is 0 Å². The second-order valence-electron chi connectivity index (χ2n) is 8.39. The normalized spacial score (nSPS) is 42.8. The molecule has 4 fully saturated rings. The first-order valence-corrected chi connectivity index (χ1v) is 8.61. The molecule has 0 amide bonds. The van der Waals surface area contributed by atoms with Crippen molar-refractivity contribution >= 4 is 5.97 Å². The maximum absolute atomic E-state index is 12.5. The monoisotopic (exact) mass is 278 g/mol. The third kappa shape index (κ3) is 2.10. The Bertz CT molecular complexity index is 384. The van der Waals surface area contributed by atoms with Crippen LogP contribution in [0.2, 0.25) is 0 Å². The second-order valence-corrected chi connectivity index (χ2v) is 8.39. The summed E-state index contributed by atoms with van der Waals surface area (Å²) in [5.74, 6) is 2.52. The summed E-state index contributed by atoms with van der Waals surface area (Å²) >= 11 is 0. The fraction of sp³-hybridized carbons (Fsp3) is 0.944. The minimum absolute atomic E-state index is 0.0327. The first kappa shape index (κ1) is 14.4. The number of hydrogen-bond acceptors (Lipinski definition) is 2. The molecule has 3 unspecified atom stereocenters. The lowest BCUT2D eigenvalue weighted by atomic mass is 9.47. The van der Waals surface area contributed by atoms with Gasteiger partial charge < -0.3 is 4.74 Å². The summed E-state index contributed by atoms with van der Waals surface area (Å²) < 4.78 is 6.14. The molecule has 4 rings (SSSR count). The zero-order chi connectivity index (χ0) is 14.5. The standard InChI is InChI=1S/C18H30O2/c1-5-17(3,4)16(19)20-15-14-8-12-7-13(9-14)11-18(15,6-2)10-12/h12-15H,5-11H2,1-4H3. The summed E-state index contributed by atoms with van der Waals surface area (Å²) in [6, 6.07) is 0. The number of carbonyl (C=O) groups is 1. The van der Waals surface area contributed by atoms with Crippen LogP contribution in [0.1, 0.15) is 72.6 Å². The van der Waals surface area contributed by atoms with E-state index in [9.17, 15) is 4.79 Å². The van der Waals surface area contributed by atoms with Crippen LogP contribution in [0, 0.1) is 28.6 Å². The van der Waals surface area contributed by atoms with Crippen LogP contribution in [-0.4, -0.2) is 12.1 Å². The molecule has 4 bridgehead atoms. The van der Waals surface area contributed by atoms with E-state index in [1.807, 2.05) is 13.8 Å². The smallest absolute Gasteiger partial charge is 0.311 e. The highest BCUT2D eigenvalue weighted by molar-refractivity contribution is 5.76. The van der Waals surface area contributed by atoms with E-state index in [1.54, 1.807) is 0 Å². The van der Waals surface area contributed by atoms with Crippen LogP contribution in [0.5, 0.6) is 0 Å². The van der Waals surface area contributed by atoms with Gasteiger partial charge in [0.2, 0.25) is 0 Å². The molecule has 20 heavy (non-hydrogen) atoms. The van der Waals surface area contributed by atoms with Crippen molar-refractivity contribution in [1.82, 2.24) is 0 Å². The maximum atomic E-state index is 12.5. The predicted molar refractivity (Wildman–Crippen MR) is 80.2 cm³/mol. The molecule has 2 nitrogen and oxygen atoms in total. The van der Waals surface area contributed by atoms with Crippen LogP contribution in [0.15, 0.2) is 0 Å². The van der Waals surface area contributed by atoms with Gasteiger partial charge in [-0.05, 0) is 76.5 Å². The Kier molecular flexibility index (Phi) is 3.42. The highest BCUT2D eigenvalue weighted by Crippen LogP contribution is 2.62. The van der Waals surface area contributed by atoms with E-state index in [1.165, 1.54) is 38.5 Å². The fourth-order valence-corrected chi connectivity index (χ4v) is 5.29. The summed E-state index contributed by atoms with van der Waals surface area (Å²) in [4.78, 5) is 12.5. The third-order valence-electron chi connectivity index (χ3n) is 6.74. The molecule has 4 saturated carbocycles. The Morgan fingerprint density at radius 2 is 1.75 bits per heavy atom. The highest BCUT2D eigenvalue weighted by Gasteiger charge is 2.58. The average Bonchev–Trinajstić information content (AvgIpc) is 2.41. The van der Waals surface area contributed by atoms with E-state index in [4.69, 9.17) is 4.74 Å². The van der Waals surface area contributed by atoms with E-state index in [0.29, 0.717) is 11.3 Å². The largest absolute Gasteiger partial charge is 0.461 e. The summed E-state index contributed by atoms with van der Waals surface area (Å²) in [5.41, 5.74) is -0.0160. The average molecular weight is 278 g/mol. The molecule has 0 aliphatic heterocycles. The van der Waals surface area contributed by atoms with Crippen LogP contribution in [0.25, 0.3) is 0 Å². The minimum atomic E-state index is -0.330. The minimum Gasteiger partial charge on any atom is -0.461 e. The van der Waals surface area contributed by atoms with Gasteiger partial charge in [0.05, 0.1) is 5.41 Å². The summed E-state index contributed by atoms with van der Waals surface area (Å²) in [7, 11) is 0. The lowest BCUT2D eigenvalue weighted by molar-refractivity contribution is -0.202. The zero-order valence-electron chi connectivity index (χ0n) is 13.6. The van der Waals surface area contributed by atoms with Crippen LogP contribution in [0.4, 0.5) is 0 Å². The molecule has 4 aliphatic rings. The SMILES string of the molecule is CCC(C)(C)C(=O)OC1C2CC3CC(C2)CC1(CC)C3. The van der Waals surface area contributed by atoms with Crippen molar-refractivity contribution in [2.45, 2.75) is 78.7 Å². The Labute approximate surface area is 123 Å². The lowest BCUT2D eigenvalue weighted by Crippen LogP contribution is -2.57. The third-order valence-corrected chi connectivity index (χ3v) is 6.74. The van der Waals surface area contributed by atoms with Gasteiger partial charge in [-0.2, -0.15) is 0 Å². The van der Waals surface area contributed by atoms with Gasteiger partial charge in [0, 0.05) is 5.41 Å². The van der Waals surface area contributed by atoms with Gasteiger partial charge in [0.25, 0.3) is 0 Å². The quantitative estimate of drug-likeness (QED) is 0.704. The van der Waals surface area contributed by atoms with Crippen molar-refractivity contribution in [2.75, 3.05) is 0 Å². The molecule has 0 saturated heterocycles. The molecule has 0 radical (unpaired) electrons. The summed E-state index contributed by atoms with van der Waals surface area (Å²) in [5, 5.41) is 0. The molecule has 0 aromatic heterocycles. The van der Waals surface area contributed by atoms with Gasteiger partial charge in [-0.25, -0.2) is 0 Å². The van der Waals surface area contributed by atoms with Crippen molar-refractivity contribution < 1.29 is 9.53 Å². The number of ether oxygens (including phenoxy) is 1. The molecule has 0 N–H and O–H groups in total. The van der Waals surface area contributed by atoms with Gasteiger partial charge in [-0.3, -0.25) is 4.79 Å². The molecule has 0 aromatic rings. The van der Waals surface area contributed by atoms with Crippen LogP contribution >= 0.6 is 0 Å². The Morgan fingerprint density at radius 1 is 1.15 bits per heavy atom. The molecule has 3 atom stereocenters. The topological polar surface area (TPSA) is 26.3 Å². The zero-order valence-corrected chi connectivity index (χ0v) is 13.6. The van der Waals surface area contributed by atoms with Gasteiger partial charge in [-0.1, -0.05) is 13.8 Å². The molecule has 0 spiro atoms. The first-order chi connectivity index (χ1) is 9.40. The lowest BCUT2D eigenvalue weighted by Gasteiger charge is -2.60. The van der Waals surface area contributed by atoms with Crippen molar-refractivity contribution in [3.05, 3.63) is 0 Å². The van der Waals surface area contributed by atoms with Gasteiger partial charge in [-0.15, -0.1) is 0 Å². The first-order valence-electron chi connectivity index (χ1n) is 8.61. The van der Waals surface area contributed by atoms with Crippen molar-refractivity contribution in [2.24, 2.45) is 28.6 Å². The van der Waals surface area contributed by atoms with Crippen molar-refractivity contribution in [3.8, 4) is 0 Å². The molecule has 2 heteroatoms. The van der Waals surface area contributed by atoms with Crippen molar-refractivity contribution in [3.63, 3.8) is 0 Å². The Hall–Kier alpha value is -0.530. The number of carbonyl (C=O) groups excluding carboxylic acids is 1. The maximum Gasteiger partial charge on any atom is 0.311 e. The number of rotatable bonds is 4. The number of hydrogen-bond donors (Lipinski definition) is 0. The second kappa shape index (κ2) is 4.74. The molecule has 114 valence electrons. The Balaban J connectivity index is 1.80. The van der Waals surface area contributed by atoms with Crippen LogP contribution < -0.4 is 0 Å². The molecular weight excluding hydrogens is 248 g/mol. The molecule has 0 aromatic carbocycles. The Morgan fingerprint density at radius 3 is 2.25 bits per heavy atom. The van der Waals surface area contributed by atoms with Gasteiger partial charge in [0.1, 0.15) is 6.10 Å². The van der Waals surface area contributed by atoms with E-state index in [0.717, 1.165) is 18.3 Å². The molecule has 0 heterocycles. The van der Waals surface area contributed by atoms with Crippen LogP contribution in [-0.2, 0) is 9.53 Å². The van der Waals surface area contributed by atoms with E-state index < -0.39 is 0 Å². The van der Waals surface area contributed by atoms with E-state index in [2.05, 4.69) is 13.8 Å². The number of esters is 1. The summed E-state index contributed by atoms with van der Waals surface area (Å²) in [6.07, 6.45) is 8.92. The van der Waals surface area contributed by atoms with Gasteiger partial charge in [0.15, 0.2) is 0 Å². The van der Waals surface area contributed by atoms with Gasteiger partial charge >= 0.3 is 5.97 Å². The highest BCUT2D eigenvalue weighted by atomic mass is 16.5. The summed E-state index contributed by atoms with van der Waals surface area (Å²) in [6.45, 7) is 8.42. The fourth-order valence-electron chi connectivity index (χ4n) is 5.29. The molecular formula is C18H30O2. The van der Waals surface area contributed by atoms with Crippen LogP contribution in [0.3, 0.4) is 0 Å². The predicted octanol–water partition coefficient (Wildman–Crippen LogP) is 4.57. The van der Waals surface area contributed by atoms with E-state index >= 15 is 0 Å².